The second kappa shape index (κ2) is 7.88. The molecule has 5 N–H and O–H groups in total. The van der Waals surface area contributed by atoms with Crippen molar-refractivity contribution in [3.63, 3.8) is 0 Å². The maximum atomic E-state index is 12.7. The maximum absolute atomic E-state index is 12.7. The summed E-state index contributed by atoms with van der Waals surface area (Å²) in [5, 5.41) is 8.17. The number of anilines is 2. The Morgan fingerprint density at radius 3 is 2.35 bits per heavy atom. The van der Waals surface area contributed by atoms with Crippen molar-refractivity contribution in [1.82, 2.24) is 5.32 Å². The van der Waals surface area contributed by atoms with Gasteiger partial charge in [-0.3, -0.25) is 4.79 Å². The molecule has 0 bridgehead atoms. The van der Waals surface area contributed by atoms with Gasteiger partial charge in [-0.1, -0.05) is 19.9 Å². The molecule has 7 nitrogen and oxygen atoms in total. The Kier molecular flexibility index (Phi) is 6.05. The molecular weight excluding hydrogens is 332 g/mol. The van der Waals surface area contributed by atoms with Crippen molar-refractivity contribution in [1.29, 1.82) is 0 Å². The van der Waals surface area contributed by atoms with Crippen LogP contribution in [0, 0.1) is 5.41 Å². The highest BCUT2D eigenvalue weighted by molar-refractivity contribution is 6.00. The summed E-state index contributed by atoms with van der Waals surface area (Å²) in [5.41, 5.74) is 6.18. The fourth-order valence-corrected chi connectivity index (χ4v) is 3.04. The van der Waals surface area contributed by atoms with Crippen LogP contribution >= 0.6 is 0 Å². The molecule has 0 aromatic heterocycles. The smallest absolute Gasteiger partial charge is 0.319 e. The van der Waals surface area contributed by atoms with Gasteiger partial charge >= 0.3 is 6.03 Å². The van der Waals surface area contributed by atoms with Crippen molar-refractivity contribution in [2.75, 3.05) is 23.8 Å². The maximum Gasteiger partial charge on any atom is 0.319 e. The second-order valence-corrected chi connectivity index (χ2v) is 7.00. The third kappa shape index (κ3) is 3.89. The second-order valence-electron chi connectivity index (χ2n) is 7.00. The number of ether oxygens (including phenoxy) is 1. The number of amides is 3. The summed E-state index contributed by atoms with van der Waals surface area (Å²) in [6, 6.07) is 6.54. The summed E-state index contributed by atoms with van der Waals surface area (Å²) in [7, 11) is 0. The van der Waals surface area contributed by atoms with E-state index in [0.29, 0.717) is 30.9 Å². The lowest BCUT2D eigenvalue weighted by Crippen LogP contribution is -2.74. The molecule has 0 saturated heterocycles. The van der Waals surface area contributed by atoms with Crippen molar-refractivity contribution in [2.24, 2.45) is 11.1 Å². The first-order valence-corrected chi connectivity index (χ1v) is 8.72. The van der Waals surface area contributed by atoms with Gasteiger partial charge < -0.3 is 26.4 Å². The molecule has 142 valence electrons. The van der Waals surface area contributed by atoms with Gasteiger partial charge in [0.15, 0.2) is 0 Å². The van der Waals surface area contributed by atoms with Crippen LogP contribution in [0.2, 0.25) is 0 Å². The highest BCUT2D eigenvalue weighted by atomic mass is 16.5. The summed E-state index contributed by atoms with van der Waals surface area (Å²) >= 11 is 0. The summed E-state index contributed by atoms with van der Waals surface area (Å²) in [4.78, 5) is 24.3. The molecule has 1 aromatic rings. The minimum absolute atomic E-state index is 0.0242. The summed E-state index contributed by atoms with van der Waals surface area (Å²) in [5.74, 6) is -0.233. The van der Waals surface area contributed by atoms with Crippen LogP contribution in [0.3, 0.4) is 0 Å². The van der Waals surface area contributed by atoms with Crippen LogP contribution in [0.4, 0.5) is 16.2 Å². The molecule has 2 unspecified atom stereocenters. The first-order valence-electron chi connectivity index (χ1n) is 8.72. The zero-order chi connectivity index (χ0) is 19.4. The standard InChI is InChI=1S/C19H28N4O3/c1-5-11-21-17(25)23-14-9-7-13(8-10-14)22-16(24)19(20)12-15(26-6-2)18(19,3)4/h5,7-10,15H,1,6,11-12,20H2,2-4H3,(H,22,24)(H2,21,23,25). The number of carbonyl (C=O) groups is 2. The molecular formula is C19H28N4O3. The molecule has 1 aliphatic carbocycles. The van der Waals surface area contributed by atoms with Crippen molar-refractivity contribution in [2.45, 2.75) is 38.8 Å². The molecule has 2 rings (SSSR count). The van der Waals surface area contributed by atoms with E-state index in [1.54, 1.807) is 30.3 Å². The Bertz CT molecular complexity index is 672. The number of urea groups is 1. The van der Waals surface area contributed by atoms with Crippen molar-refractivity contribution in [3.8, 4) is 0 Å². The molecule has 0 heterocycles. The highest BCUT2D eigenvalue weighted by Crippen LogP contribution is 2.50. The van der Waals surface area contributed by atoms with Crippen LogP contribution in [0.25, 0.3) is 0 Å². The van der Waals surface area contributed by atoms with E-state index in [1.807, 2.05) is 20.8 Å². The zero-order valence-electron chi connectivity index (χ0n) is 15.6. The van der Waals surface area contributed by atoms with Crippen LogP contribution in [-0.2, 0) is 9.53 Å². The number of hydrogen-bond acceptors (Lipinski definition) is 4. The lowest BCUT2D eigenvalue weighted by molar-refractivity contribution is -0.166. The van der Waals surface area contributed by atoms with Crippen LogP contribution < -0.4 is 21.7 Å². The lowest BCUT2D eigenvalue weighted by Gasteiger charge is -2.57. The number of hydrogen-bond donors (Lipinski definition) is 4. The average Bonchev–Trinajstić information content (AvgIpc) is 2.61. The van der Waals surface area contributed by atoms with Gasteiger partial charge in [-0.05, 0) is 31.2 Å². The Hall–Kier alpha value is -2.38. The van der Waals surface area contributed by atoms with E-state index in [4.69, 9.17) is 10.5 Å². The number of nitrogens with one attached hydrogen (secondary N) is 3. The predicted molar refractivity (Wildman–Crippen MR) is 103 cm³/mol. The third-order valence-corrected chi connectivity index (χ3v) is 5.04. The van der Waals surface area contributed by atoms with Gasteiger partial charge in [0, 0.05) is 36.4 Å². The first-order chi connectivity index (χ1) is 12.2. The molecule has 3 amide bonds. The van der Waals surface area contributed by atoms with Crippen molar-refractivity contribution >= 4 is 23.3 Å². The molecule has 0 aliphatic heterocycles. The molecule has 0 radical (unpaired) electrons. The predicted octanol–water partition coefficient (Wildman–Crippen LogP) is 2.47. The summed E-state index contributed by atoms with van der Waals surface area (Å²) in [6.07, 6.45) is 2.06. The Balaban J connectivity index is 1.95. The number of rotatable bonds is 7. The summed E-state index contributed by atoms with van der Waals surface area (Å²) < 4.78 is 5.66. The van der Waals surface area contributed by atoms with E-state index in [9.17, 15) is 9.59 Å². The summed E-state index contributed by atoms with van der Waals surface area (Å²) in [6.45, 7) is 10.3. The third-order valence-electron chi connectivity index (χ3n) is 5.04. The van der Waals surface area contributed by atoms with Gasteiger partial charge in [-0.2, -0.15) is 0 Å². The SMILES string of the molecule is C=CCNC(=O)Nc1ccc(NC(=O)C2(N)CC(OCC)C2(C)C)cc1. The van der Waals surface area contributed by atoms with Crippen molar-refractivity contribution < 1.29 is 14.3 Å². The fourth-order valence-electron chi connectivity index (χ4n) is 3.04. The number of nitrogens with two attached hydrogens (primary N) is 1. The van der Waals surface area contributed by atoms with E-state index >= 15 is 0 Å². The van der Waals surface area contributed by atoms with Gasteiger partial charge in [0.1, 0.15) is 5.54 Å². The van der Waals surface area contributed by atoms with Gasteiger partial charge in [0.25, 0.3) is 0 Å². The topological polar surface area (TPSA) is 105 Å². The van der Waals surface area contributed by atoms with Gasteiger partial charge in [0.2, 0.25) is 5.91 Å². The minimum atomic E-state index is -0.978. The average molecular weight is 360 g/mol. The van der Waals surface area contributed by atoms with Crippen molar-refractivity contribution in [3.05, 3.63) is 36.9 Å². The molecule has 26 heavy (non-hydrogen) atoms. The quantitative estimate of drug-likeness (QED) is 0.561. The van der Waals surface area contributed by atoms with Crippen LogP contribution in [0.5, 0.6) is 0 Å². The molecule has 1 saturated carbocycles. The van der Waals surface area contributed by atoms with Gasteiger partial charge in [-0.15, -0.1) is 6.58 Å². The molecule has 0 spiro atoms. The first kappa shape index (κ1) is 19.9. The molecule has 1 aromatic carbocycles. The van der Waals surface area contributed by atoms with E-state index in [2.05, 4.69) is 22.5 Å². The van der Waals surface area contributed by atoms with Crippen LogP contribution in [0.1, 0.15) is 27.2 Å². The Labute approximate surface area is 154 Å². The minimum Gasteiger partial charge on any atom is -0.378 e. The highest BCUT2D eigenvalue weighted by Gasteiger charge is 2.62. The molecule has 2 atom stereocenters. The van der Waals surface area contributed by atoms with Gasteiger partial charge in [0.05, 0.1) is 6.10 Å². The molecule has 1 fully saturated rings. The monoisotopic (exact) mass is 360 g/mol. The normalized spacial score (nSPS) is 23.5. The lowest BCUT2D eigenvalue weighted by atomic mass is 9.54. The number of benzene rings is 1. The Morgan fingerprint density at radius 2 is 1.85 bits per heavy atom. The van der Waals surface area contributed by atoms with E-state index < -0.39 is 11.0 Å². The van der Waals surface area contributed by atoms with E-state index in [-0.39, 0.29) is 18.0 Å². The fraction of sp³-hybridized carbons (Fsp3) is 0.474. The largest absolute Gasteiger partial charge is 0.378 e. The van der Waals surface area contributed by atoms with Gasteiger partial charge in [-0.25, -0.2) is 4.79 Å². The molecule has 1 aliphatic rings. The zero-order valence-corrected chi connectivity index (χ0v) is 15.6. The van der Waals surface area contributed by atoms with E-state index in [1.165, 1.54) is 0 Å². The van der Waals surface area contributed by atoms with Crippen LogP contribution in [-0.4, -0.2) is 36.7 Å². The van der Waals surface area contributed by atoms with E-state index in [0.717, 1.165) is 0 Å². The molecule has 7 heteroatoms. The number of carbonyl (C=O) groups excluding carboxylic acids is 2. The Morgan fingerprint density at radius 1 is 1.27 bits per heavy atom. The van der Waals surface area contributed by atoms with Crippen LogP contribution in [0.15, 0.2) is 36.9 Å².